The van der Waals surface area contributed by atoms with Crippen LogP contribution in [0.2, 0.25) is 0 Å². The number of aromatic nitrogens is 2. The molecule has 3 nitrogen and oxygen atoms in total. The Labute approximate surface area is 128 Å². The quantitative estimate of drug-likeness (QED) is 0.706. The van der Waals surface area contributed by atoms with Crippen molar-refractivity contribution in [3.05, 3.63) is 51.1 Å². The third-order valence-corrected chi connectivity index (χ3v) is 4.64. The van der Waals surface area contributed by atoms with Gasteiger partial charge in [-0.25, -0.2) is 14.4 Å². The predicted molar refractivity (Wildman–Crippen MR) is 83.6 cm³/mol. The van der Waals surface area contributed by atoms with Gasteiger partial charge in [-0.1, -0.05) is 0 Å². The molecule has 0 aliphatic rings. The standard InChI is InChI=1S/C14H11BrFN3S/c1-19(6-11-4-9(15)7-20-11)14-12-5-10(16)2-3-13(12)17-8-18-14/h2-5,7-8H,6H2,1H3. The highest BCUT2D eigenvalue weighted by molar-refractivity contribution is 9.10. The molecular formula is C14H11BrFN3S. The maximum absolute atomic E-state index is 13.4. The lowest BCUT2D eigenvalue weighted by molar-refractivity contribution is 0.629. The van der Waals surface area contributed by atoms with Crippen molar-refractivity contribution in [2.24, 2.45) is 0 Å². The molecule has 0 aliphatic carbocycles. The van der Waals surface area contributed by atoms with Gasteiger partial charge in [0.2, 0.25) is 0 Å². The molecule has 0 atom stereocenters. The normalized spacial score (nSPS) is 10.9. The molecule has 102 valence electrons. The van der Waals surface area contributed by atoms with E-state index in [1.54, 1.807) is 17.4 Å². The summed E-state index contributed by atoms with van der Waals surface area (Å²) in [5, 5.41) is 2.77. The van der Waals surface area contributed by atoms with E-state index in [4.69, 9.17) is 0 Å². The fourth-order valence-electron chi connectivity index (χ4n) is 2.06. The van der Waals surface area contributed by atoms with Gasteiger partial charge < -0.3 is 4.90 Å². The molecule has 0 saturated carbocycles. The van der Waals surface area contributed by atoms with E-state index in [9.17, 15) is 4.39 Å². The lowest BCUT2D eigenvalue weighted by Crippen LogP contribution is -2.17. The summed E-state index contributed by atoms with van der Waals surface area (Å²) in [7, 11) is 1.94. The van der Waals surface area contributed by atoms with Crippen LogP contribution in [0.3, 0.4) is 0 Å². The number of rotatable bonds is 3. The Bertz CT molecular complexity index is 759. The Morgan fingerprint density at radius 2 is 2.15 bits per heavy atom. The van der Waals surface area contributed by atoms with Gasteiger partial charge in [0.15, 0.2) is 0 Å². The SMILES string of the molecule is CN(Cc1cc(Br)cs1)c1ncnc2ccc(F)cc12. The topological polar surface area (TPSA) is 29.0 Å². The Balaban J connectivity index is 1.98. The Kier molecular flexibility index (Phi) is 3.67. The minimum Gasteiger partial charge on any atom is -0.354 e. The second-order valence-electron chi connectivity index (χ2n) is 4.45. The zero-order valence-electron chi connectivity index (χ0n) is 10.7. The highest BCUT2D eigenvalue weighted by atomic mass is 79.9. The molecule has 2 aromatic heterocycles. The maximum Gasteiger partial charge on any atom is 0.140 e. The van der Waals surface area contributed by atoms with E-state index in [1.165, 1.54) is 23.3 Å². The summed E-state index contributed by atoms with van der Waals surface area (Å²) < 4.78 is 14.5. The van der Waals surface area contributed by atoms with E-state index in [1.807, 2.05) is 17.3 Å². The van der Waals surface area contributed by atoms with E-state index in [0.717, 1.165) is 27.7 Å². The van der Waals surface area contributed by atoms with Crippen LogP contribution in [0.25, 0.3) is 10.9 Å². The van der Waals surface area contributed by atoms with Gasteiger partial charge in [0.05, 0.1) is 12.1 Å². The smallest absolute Gasteiger partial charge is 0.140 e. The summed E-state index contributed by atoms with van der Waals surface area (Å²) >= 11 is 5.12. The van der Waals surface area contributed by atoms with Crippen molar-refractivity contribution in [2.75, 3.05) is 11.9 Å². The number of fused-ring (bicyclic) bond motifs is 1. The van der Waals surface area contributed by atoms with Crippen LogP contribution in [0.15, 0.2) is 40.4 Å². The second-order valence-corrected chi connectivity index (χ2v) is 6.36. The van der Waals surface area contributed by atoms with Crippen LogP contribution in [0.5, 0.6) is 0 Å². The van der Waals surface area contributed by atoms with Gasteiger partial charge in [-0.05, 0) is 40.2 Å². The summed E-state index contributed by atoms with van der Waals surface area (Å²) in [6.45, 7) is 0.721. The van der Waals surface area contributed by atoms with Gasteiger partial charge in [0.25, 0.3) is 0 Å². The summed E-state index contributed by atoms with van der Waals surface area (Å²) in [6.07, 6.45) is 1.51. The molecule has 6 heteroatoms. The van der Waals surface area contributed by atoms with Crippen molar-refractivity contribution >= 4 is 44.0 Å². The monoisotopic (exact) mass is 351 g/mol. The van der Waals surface area contributed by atoms with Crippen LogP contribution in [-0.2, 0) is 6.54 Å². The van der Waals surface area contributed by atoms with Crippen molar-refractivity contribution < 1.29 is 4.39 Å². The fraction of sp³-hybridized carbons (Fsp3) is 0.143. The van der Waals surface area contributed by atoms with Gasteiger partial charge in [0.1, 0.15) is 18.0 Å². The molecule has 0 unspecified atom stereocenters. The van der Waals surface area contributed by atoms with E-state index < -0.39 is 0 Å². The van der Waals surface area contributed by atoms with E-state index in [0.29, 0.717) is 0 Å². The molecule has 3 rings (SSSR count). The molecule has 0 aliphatic heterocycles. The zero-order valence-corrected chi connectivity index (χ0v) is 13.1. The number of hydrogen-bond acceptors (Lipinski definition) is 4. The number of anilines is 1. The van der Waals surface area contributed by atoms with Crippen molar-refractivity contribution in [2.45, 2.75) is 6.54 Å². The number of hydrogen-bond donors (Lipinski definition) is 0. The van der Waals surface area contributed by atoms with E-state index in [-0.39, 0.29) is 5.82 Å². The molecule has 0 N–H and O–H groups in total. The van der Waals surface area contributed by atoms with Gasteiger partial charge in [-0.15, -0.1) is 11.3 Å². The average Bonchev–Trinajstić information content (AvgIpc) is 2.83. The minimum absolute atomic E-state index is 0.277. The van der Waals surface area contributed by atoms with E-state index in [2.05, 4.69) is 32.0 Å². The number of benzene rings is 1. The third kappa shape index (κ3) is 2.66. The molecule has 0 spiro atoms. The number of thiophene rings is 1. The van der Waals surface area contributed by atoms with Crippen LogP contribution in [0.4, 0.5) is 10.2 Å². The number of nitrogens with zero attached hydrogens (tertiary/aromatic N) is 3. The highest BCUT2D eigenvalue weighted by Gasteiger charge is 2.11. The van der Waals surface area contributed by atoms with Crippen LogP contribution >= 0.6 is 27.3 Å². The van der Waals surface area contributed by atoms with Crippen molar-refractivity contribution in [1.29, 1.82) is 0 Å². The van der Waals surface area contributed by atoms with Gasteiger partial charge in [0, 0.05) is 27.2 Å². The Morgan fingerprint density at radius 3 is 2.90 bits per heavy atom. The molecule has 3 aromatic rings. The van der Waals surface area contributed by atoms with Gasteiger partial charge in [-0.3, -0.25) is 0 Å². The average molecular weight is 352 g/mol. The van der Waals surface area contributed by atoms with Crippen LogP contribution in [0, 0.1) is 5.82 Å². The first-order valence-electron chi connectivity index (χ1n) is 5.98. The maximum atomic E-state index is 13.4. The molecule has 1 aromatic carbocycles. The summed E-state index contributed by atoms with van der Waals surface area (Å²) in [4.78, 5) is 11.7. The predicted octanol–water partition coefficient (Wildman–Crippen LogP) is 4.23. The van der Waals surface area contributed by atoms with Crippen molar-refractivity contribution in [3.8, 4) is 0 Å². The lowest BCUT2D eigenvalue weighted by atomic mass is 10.2. The molecule has 0 radical (unpaired) electrons. The summed E-state index contributed by atoms with van der Waals surface area (Å²) in [6, 6.07) is 6.64. The highest BCUT2D eigenvalue weighted by Crippen LogP contribution is 2.26. The van der Waals surface area contributed by atoms with Gasteiger partial charge >= 0.3 is 0 Å². The first-order chi connectivity index (χ1) is 9.63. The molecule has 0 fully saturated rings. The van der Waals surface area contributed by atoms with Crippen molar-refractivity contribution in [3.63, 3.8) is 0 Å². The van der Waals surface area contributed by atoms with Crippen LogP contribution in [-0.4, -0.2) is 17.0 Å². The molecule has 20 heavy (non-hydrogen) atoms. The van der Waals surface area contributed by atoms with Gasteiger partial charge in [-0.2, -0.15) is 0 Å². The molecule has 0 bridgehead atoms. The lowest BCUT2D eigenvalue weighted by Gasteiger charge is -2.18. The third-order valence-electron chi connectivity index (χ3n) is 2.95. The molecule has 0 saturated heterocycles. The summed E-state index contributed by atoms with van der Waals surface area (Å²) in [5.41, 5.74) is 0.746. The largest absolute Gasteiger partial charge is 0.354 e. The van der Waals surface area contributed by atoms with Crippen LogP contribution < -0.4 is 4.90 Å². The fourth-order valence-corrected chi connectivity index (χ4v) is 3.57. The summed E-state index contributed by atoms with van der Waals surface area (Å²) in [5.74, 6) is 0.458. The zero-order chi connectivity index (χ0) is 14.1. The Hall–Kier alpha value is -1.53. The number of halogens is 2. The second kappa shape index (κ2) is 5.46. The Morgan fingerprint density at radius 1 is 1.30 bits per heavy atom. The van der Waals surface area contributed by atoms with E-state index >= 15 is 0 Å². The van der Waals surface area contributed by atoms with Crippen LogP contribution in [0.1, 0.15) is 4.88 Å². The molecule has 0 amide bonds. The molecular weight excluding hydrogens is 341 g/mol. The van der Waals surface area contributed by atoms with Crippen molar-refractivity contribution in [1.82, 2.24) is 9.97 Å². The molecule has 2 heterocycles. The minimum atomic E-state index is -0.277. The first kappa shape index (κ1) is 13.5. The first-order valence-corrected chi connectivity index (χ1v) is 7.65.